The number of nitrogens with zero attached hydrogens (tertiary/aromatic N) is 5. The Hall–Kier alpha value is -2.05. The van der Waals surface area contributed by atoms with E-state index in [0.717, 1.165) is 42.5 Å². The molecule has 1 aromatic heterocycles. The highest BCUT2D eigenvalue weighted by Crippen LogP contribution is 2.13. The van der Waals surface area contributed by atoms with Crippen LogP contribution in [0.3, 0.4) is 0 Å². The Bertz CT molecular complexity index is 574. The van der Waals surface area contributed by atoms with Crippen LogP contribution >= 0.6 is 0 Å². The van der Waals surface area contributed by atoms with Crippen LogP contribution in [0.1, 0.15) is 37.7 Å². The highest BCUT2D eigenvalue weighted by atomic mass is 16.2. The van der Waals surface area contributed by atoms with Crippen molar-refractivity contribution < 1.29 is 4.79 Å². The van der Waals surface area contributed by atoms with Gasteiger partial charge < -0.3 is 15.1 Å². The summed E-state index contributed by atoms with van der Waals surface area (Å²) in [5.41, 5.74) is 3.25. The van der Waals surface area contributed by atoms with Gasteiger partial charge in [-0.1, -0.05) is 0 Å². The Kier molecular flexibility index (Phi) is 7.74. The molecule has 0 bridgehead atoms. The summed E-state index contributed by atoms with van der Waals surface area (Å²) in [5.74, 6) is 0.850. The highest BCUT2D eigenvalue weighted by molar-refractivity contribution is 5.86. The van der Waals surface area contributed by atoms with E-state index in [1.54, 1.807) is 0 Å². The molecule has 0 aliphatic rings. The molecule has 0 fully saturated rings. The van der Waals surface area contributed by atoms with E-state index in [1.165, 1.54) is 0 Å². The van der Waals surface area contributed by atoms with Crippen LogP contribution in [-0.4, -0.2) is 64.7 Å². The Morgan fingerprint density at radius 3 is 2.33 bits per heavy atom. The van der Waals surface area contributed by atoms with Crippen LogP contribution < -0.4 is 5.32 Å². The van der Waals surface area contributed by atoms with Gasteiger partial charge in [-0.05, 0) is 34.6 Å². The summed E-state index contributed by atoms with van der Waals surface area (Å²) < 4.78 is 1.88. The van der Waals surface area contributed by atoms with Crippen molar-refractivity contribution in [2.45, 2.75) is 41.2 Å². The lowest BCUT2D eigenvalue weighted by Crippen LogP contribution is -2.45. The molecule has 7 heteroatoms. The first-order valence-electron chi connectivity index (χ1n) is 8.61. The van der Waals surface area contributed by atoms with Crippen molar-refractivity contribution in [3.05, 3.63) is 17.0 Å². The van der Waals surface area contributed by atoms with E-state index in [4.69, 9.17) is 4.99 Å². The first kappa shape index (κ1) is 20.0. The van der Waals surface area contributed by atoms with Gasteiger partial charge in [-0.2, -0.15) is 5.10 Å². The zero-order valence-electron chi connectivity index (χ0n) is 16.2. The zero-order chi connectivity index (χ0) is 18.3. The number of likely N-dealkylation sites (N-methyl/N-ethyl adjacent to an activating group) is 2. The van der Waals surface area contributed by atoms with Crippen molar-refractivity contribution in [2.24, 2.45) is 12.0 Å². The molecule has 0 radical (unpaired) electrons. The van der Waals surface area contributed by atoms with E-state index < -0.39 is 0 Å². The van der Waals surface area contributed by atoms with Gasteiger partial charge in [0.05, 0.1) is 18.8 Å². The maximum absolute atomic E-state index is 12.3. The molecule has 0 spiro atoms. The van der Waals surface area contributed by atoms with Crippen molar-refractivity contribution >= 4 is 11.9 Å². The Morgan fingerprint density at radius 1 is 1.25 bits per heavy atom. The van der Waals surface area contributed by atoms with Crippen molar-refractivity contribution in [3.8, 4) is 0 Å². The van der Waals surface area contributed by atoms with E-state index in [1.807, 2.05) is 63.2 Å². The molecule has 1 amide bonds. The molecule has 136 valence electrons. The molecule has 1 rings (SSSR count). The molecule has 1 heterocycles. The number of aromatic nitrogens is 2. The molecule has 0 saturated carbocycles. The number of hydrogen-bond donors (Lipinski definition) is 1. The number of guanidine groups is 1. The smallest absolute Gasteiger partial charge is 0.242 e. The standard InChI is InChI=1S/C17H32N6O/c1-8-18-17(21(6)12-16(24)23(9-2)10-3)19-11-15-13(4)20-22(7)14(15)5/h8-12H2,1-7H3,(H,18,19). The number of aryl methyl sites for hydroxylation is 2. The molecule has 0 aliphatic carbocycles. The van der Waals surface area contributed by atoms with Crippen LogP contribution in [0.25, 0.3) is 0 Å². The SMILES string of the molecule is CCNC(=NCc1c(C)nn(C)c1C)N(C)CC(=O)N(CC)CC. The fraction of sp³-hybridized carbons (Fsp3) is 0.706. The van der Waals surface area contributed by atoms with Crippen molar-refractivity contribution in [1.82, 2.24) is 24.9 Å². The number of aliphatic imine (C=N–C) groups is 1. The third-order valence-corrected chi connectivity index (χ3v) is 4.23. The molecule has 0 aromatic carbocycles. The van der Waals surface area contributed by atoms with Gasteiger partial charge in [0.25, 0.3) is 0 Å². The van der Waals surface area contributed by atoms with Gasteiger partial charge in [0.1, 0.15) is 0 Å². The second-order valence-corrected chi connectivity index (χ2v) is 5.87. The number of rotatable bonds is 7. The molecule has 0 unspecified atom stereocenters. The second kappa shape index (κ2) is 9.30. The van der Waals surface area contributed by atoms with Gasteiger partial charge in [-0.15, -0.1) is 0 Å². The summed E-state index contributed by atoms with van der Waals surface area (Å²) in [6.07, 6.45) is 0. The third-order valence-electron chi connectivity index (χ3n) is 4.23. The molecule has 1 N–H and O–H groups in total. The number of hydrogen-bond acceptors (Lipinski definition) is 3. The summed E-state index contributed by atoms with van der Waals surface area (Å²) >= 11 is 0. The van der Waals surface area contributed by atoms with Gasteiger partial charge in [0.15, 0.2) is 5.96 Å². The van der Waals surface area contributed by atoms with Gasteiger partial charge in [0, 0.05) is 45.0 Å². The maximum atomic E-state index is 12.3. The van der Waals surface area contributed by atoms with E-state index in [0.29, 0.717) is 13.1 Å². The third kappa shape index (κ3) is 4.97. The van der Waals surface area contributed by atoms with Gasteiger partial charge in [0.2, 0.25) is 5.91 Å². The van der Waals surface area contributed by atoms with Crippen molar-refractivity contribution in [2.75, 3.05) is 33.2 Å². The van der Waals surface area contributed by atoms with Crippen molar-refractivity contribution in [3.63, 3.8) is 0 Å². The normalized spacial score (nSPS) is 11.5. The average molecular weight is 336 g/mol. The summed E-state index contributed by atoms with van der Waals surface area (Å²) in [5, 5.41) is 7.68. The van der Waals surface area contributed by atoms with Crippen LogP contribution in [0.15, 0.2) is 4.99 Å². The zero-order valence-corrected chi connectivity index (χ0v) is 16.2. The van der Waals surface area contributed by atoms with Gasteiger partial charge in [-0.3, -0.25) is 9.48 Å². The number of amides is 1. The van der Waals surface area contributed by atoms with Crippen LogP contribution in [0.2, 0.25) is 0 Å². The number of nitrogens with one attached hydrogen (secondary N) is 1. The molecule has 7 nitrogen and oxygen atoms in total. The van der Waals surface area contributed by atoms with E-state index >= 15 is 0 Å². The predicted molar refractivity (Wildman–Crippen MR) is 98.1 cm³/mol. The molecular formula is C17H32N6O. The molecular weight excluding hydrogens is 304 g/mol. The lowest BCUT2D eigenvalue weighted by Gasteiger charge is -2.25. The molecule has 1 aromatic rings. The quantitative estimate of drug-likeness (QED) is 0.602. The van der Waals surface area contributed by atoms with Crippen molar-refractivity contribution in [1.29, 1.82) is 0 Å². The number of carbonyl (C=O) groups is 1. The summed E-state index contributed by atoms with van der Waals surface area (Å²) in [7, 11) is 3.83. The van der Waals surface area contributed by atoms with E-state index in [2.05, 4.69) is 10.4 Å². The minimum Gasteiger partial charge on any atom is -0.357 e. The molecule has 0 atom stereocenters. The molecule has 0 aliphatic heterocycles. The Morgan fingerprint density at radius 2 is 1.88 bits per heavy atom. The van der Waals surface area contributed by atoms with Crippen LogP contribution in [0, 0.1) is 13.8 Å². The largest absolute Gasteiger partial charge is 0.357 e. The van der Waals surface area contributed by atoms with Gasteiger partial charge in [-0.25, -0.2) is 4.99 Å². The van der Waals surface area contributed by atoms with E-state index in [-0.39, 0.29) is 5.91 Å². The van der Waals surface area contributed by atoms with Crippen LogP contribution in [0.5, 0.6) is 0 Å². The summed E-state index contributed by atoms with van der Waals surface area (Å²) in [4.78, 5) is 20.7. The van der Waals surface area contributed by atoms with Gasteiger partial charge >= 0.3 is 0 Å². The lowest BCUT2D eigenvalue weighted by molar-refractivity contribution is -0.131. The molecule has 24 heavy (non-hydrogen) atoms. The monoisotopic (exact) mass is 336 g/mol. The van der Waals surface area contributed by atoms with E-state index in [9.17, 15) is 4.79 Å². The van der Waals surface area contributed by atoms with Crippen LogP contribution in [0.4, 0.5) is 0 Å². The minimum absolute atomic E-state index is 0.113. The second-order valence-electron chi connectivity index (χ2n) is 5.87. The van der Waals surface area contributed by atoms with Crippen LogP contribution in [-0.2, 0) is 18.4 Å². The highest BCUT2D eigenvalue weighted by Gasteiger charge is 2.15. The maximum Gasteiger partial charge on any atom is 0.242 e. The number of carbonyl (C=O) groups excluding carboxylic acids is 1. The first-order valence-corrected chi connectivity index (χ1v) is 8.61. The lowest BCUT2D eigenvalue weighted by atomic mass is 10.2. The summed E-state index contributed by atoms with van der Waals surface area (Å²) in [6, 6.07) is 0. The topological polar surface area (TPSA) is 65.8 Å². The predicted octanol–water partition coefficient (Wildman–Crippen LogP) is 1.30. The average Bonchev–Trinajstić information content (AvgIpc) is 2.77. The first-order chi connectivity index (χ1) is 11.3. The fourth-order valence-electron chi connectivity index (χ4n) is 2.62. The summed E-state index contributed by atoms with van der Waals surface area (Å²) in [6.45, 7) is 13.1. The Balaban J connectivity index is 2.86. The molecule has 0 saturated heterocycles. The minimum atomic E-state index is 0.113. The Labute approximate surface area is 145 Å². The fourth-order valence-corrected chi connectivity index (χ4v) is 2.62.